The van der Waals surface area contributed by atoms with Crippen LogP contribution in [0.1, 0.15) is 24.8 Å². The second-order valence-electron chi connectivity index (χ2n) is 5.84. The van der Waals surface area contributed by atoms with Crippen LogP contribution in [0.4, 0.5) is 0 Å². The standard InChI is InChI=1S/C16H21N3O2/c1-11-5-3-4-6-14(11)16-18-17-15(21-16)10-19-8-7-13(9-19)12(2)20/h3-6,12-13,20H,7-10H2,1-2H3. The summed E-state index contributed by atoms with van der Waals surface area (Å²) in [6.45, 7) is 6.41. The zero-order chi connectivity index (χ0) is 14.8. The lowest BCUT2D eigenvalue weighted by Crippen LogP contribution is -2.24. The summed E-state index contributed by atoms with van der Waals surface area (Å²) in [4.78, 5) is 2.26. The second-order valence-corrected chi connectivity index (χ2v) is 5.84. The molecule has 112 valence electrons. The molecule has 3 rings (SSSR count). The smallest absolute Gasteiger partial charge is 0.248 e. The molecule has 1 aromatic carbocycles. The fourth-order valence-electron chi connectivity index (χ4n) is 2.83. The summed E-state index contributed by atoms with van der Waals surface area (Å²) in [7, 11) is 0. The Kier molecular flexibility index (Phi) is 4.03. The number of benzene rings is 1. The summed E-state index contributed by atoms with van der Waals surface area (Å²) >= 11 is 0. The van der Waals surface area contributed by atoms with Crippen LogP contribution in [0.25, 0.3) is 11.5 Å². The van der Waals surface area contributed by atoms with E-state index in [4.69, 9.17) is 4.42 Å². The van der Waals surface area contributed by atoms with Crippen LogP contribution < -0.4 is 0 Å². The normalized spacial score (nSPS) is 20.8. The first-order valence-corrected chi connectivity index (χ1v) is 7.42. The van der Waals surface area contributed by atoms with Gasteiger partial charge < -0.3 is 9.52 Å². The Morgan fingerprint density at radius 1 is 1.38 bits per heavy atom. The van der Waals surface area contributed by atoms with Gasteiger partial charge >= 0.3 is 0 Å². The van der Waals surface area contributed by atoms with Crippen molar-refractivity contribution in [3.05, 3.63) is 35.7 Å². The zero-order valence-corrected chi connectivity index (χ0v) is 12.5. The number of likely N-dealkylation sites (tertiary alicyclic amines) is 1. The molecule has 0 aliphatic carbocycles. The van der Waals surface area contributed by atoms with Gasteiger partial charge in [0.25, 0.3) is 0 Å². The number of aromatic nitrogens is 2. The molecule has 0 spiro atoms. The maximum Gasteiger partial charge on any atom is 0.248 e. The lowest BCUT2D eigenvalue weighted by atomic mass is 10.0. The van der Waals surface area contributed by atoms with Gasteiger partial charge in [-0.3, -0.25) is 4.90 Å². The second kappa shape index (κ2) is 5.95. The van der Waals surface area contributed by atoms with Crippen LogP contribution in [0.2, 0.25) is 0 Å². The van der Waals surface area contributed by atoms with Crippen molar-refractivity contribution in [3.8, 4) is 11.5 Å². The van der Waals surface area contributed by atoms with Crippen molar-refractivity contribution in [2.45, 2.75) is 32.9 Å². The topological polar surface area (TPSA) is 62.4 Å². The Morgan fingerprint density at radius 2 is 2.19 bits per heavy atom. The highest BCUT2D eigenvalue weighted by Gasteiger charge is 2.27. The third kappa shape index (κ3) is 3.14. The van der Waals surface area contributed by atoms with Crippen LogP contribution in [-0.4, -0.2) is 39.4 Å². The van der Waals surface area contributed by atoms with E-state index in [1.54, 1.807) is 0 Å². The molecular weight excluding hydrogens is 266 g/mol. The number of hydrogen-bond donors (Lipinski definition) is 1. The molecule has 5 nitrogen and oxygen atoms in total. The number of aliphatic hydroxyl groups is 1. The number of hydrogen-bond acceptors (Lipinski definition) is 5. The monoisotopic (exact) mass is 287 g/mol. The van der Waals surface area contributed by atoms with Crippen LogP contribution in [0.15, 0.2) is 28.7 Å². The van der Waals surface area contributed by atoms with Crippen molar-refractivity contribution in [3.63, 3.8) is 0 Å². The molecule has 5 heteroatoms. The van der Waals surface area contributed by atoms with E-state index in [1.165, 1.54) is 0 Å². The predicted molar refractivity (Wildman–Crippen MR) is 79.5 cm³/mol. The fraction of sp³-hybridized carbons (Fsp3) is 0.500. The molecule has 0 radical (unpaired) electrons. The van der Waals surface area contributed by atoms with Gasteiger partial charge in [0.2, 0.25) is 11.8 Å². The molecular formula is C16H21N3O2. The number of nitrogens with zero attached hydrogens (tertiary/aromatic N) is 3. The van der Waals surface area contributed by atoms with Crippen LogP contribution in [0.3, 0.4) is 0 Å². The molecule has 21 heavy (non-hydrogen) atoms. The average molecular weight is 287 g/mol. The molecule has 1 N–H and O–H groups in total. The maximum absolute atomic E-state index is 9.64. The quantitative estimate of drug-likeness (QED) is 0.934. The van der Waals surface area contributed by atoms with E-state index in [-0.39, 0.29) is 6.10 Å². The van der Waals surface area contributed by atoms with E-state index in [1.807, 2.05) is 38.1 Å². The van der Waals surface area contributed by atoms with E-state index < -0.39 is 0 Å². The van der Waals surface area contributed by atoms with Crippen LogP contribution in [0, 0.1) is 12.8 Å². The third-order valence-corrected chi connectivity index (χ3v) is 4.19. The summed E-state index contributed by atoms with van der Waals surface area (Å²) in [6.07, 6.45) is 0.774. The molecule has 2 aromatic rings. The van der Waals surface area contributed by atoms with Crippen molar-refractivity contribution in [2.24, 2.45) is 5.92 Å². The van der Waals surface area contributed by atoms with Gasteiger partial charge in [0.05, 0.1) is 12.6 Å². The van der Waals surface area contributed by atoms with Crippen LogP contribution in [0.5, 0.6) is 0 Å². The van der Waals surface area contributed by atoms with Gasteiger partial charge in [0.15, 0.2) is 0 Å². The van der Waals surface area contributed by atoms with Crippen molar-refractivity contribution >= 4 is 0 Å². The lowest BCUT2D eigenvalue weighted by molar-refractivity contribution is 0.126. The largest absolute Gasteiger partial charge is 0.419 e. The summed E-state index contributed by atoms with van der Waals surface area (Å²) in [5.41, 5.74) is 2.11. The first-order chi connectivity index (χ1) is 10.1. The third-order valence-electron chi connectivity index (χ3n) is 4.19. The van der Waals surface area contributed by atoms with Gasteiger partial charge in [-0.25, -0.2) is 0 Å². The van der Waals surface area contributed by atoms with E-state index >= 15 is 0 Å². The Labute approximate surface area is 124 Å². The van der Waals surface area contributed by atoms with E-state index in [2.05, 4.69) is 15.1 Å². The summed E-state index contributed by atoms with van der Waals surface area (Å²) in [6, 6.07) is 8.00. The van der Waals surface area contributed by atoms with Gasteiger partial charge in [-0.1, -0.05) is 18.2 Å². The molecule has 0 saturated carbocycles. The highest BCUT2D eigenvalue weighted by atomic mass is 16.4. The minimum Gasteiger partial charge on any atom is -0.419 e. The Balaban J connectivity index is 1.68. The highest BCUT2D eigenvalue weighted by Crippen LogP contribution is 2.24. The van der Waals surface area contributed by atoms with Gasteiger partial charge in [0, 0.05) is 12.1 Å². The van der Waals surface area contributed by atoms with Gasteiger partial charge in [-0.2, -0.15) is 0 Å². The van der Waals surface area contributed by atoms with Crippen molar-refractivity contribution < 1.29 is 9.52 Å². The van der Waals surface area contributed by atoms with Crippen LogP contribution >= 0.6 is 0 Å². The van der Waals surface area contributed by atoms with Gasteiger partial charge in [-0.15, -0.1) is 10.2 Å². The minimum atomic E-state index is -0.250. The SMILES string of the molecule is Cc1ccccc1-c1nnc(CN2CCC(C(C)O)C2)o1. The van der Waals surface area contributed by atoms with E-state index in [0.717, 1.165) is 30.6 Å². The molecule has 2 unspecified atom stereocenters. The molecule has 1 aromatic heterocycles. The summed E-state index contributed by atoms with van der Waals surface area (Å²) < 4.78 is 5.78. The number of aryl methyl sites for hydroxylation is 1. The first-order valence-electron chi connectivity index (χ1n) is 7.42. The van der Waals surface area contributed by atoms with E-state index in [0.29, 0.717) is 24.2 Å². The highest BCUT2D eigenvalue weighted by molar-refractivity contribution is 5.57. The lowest BCUT2D eigenvalue weighted by Gasteiger charge is -2.15. The number of rotatable bonds is 4. The predicted octanol–water partition coefficient (Wildman–Crippen LogP) is 2.25. The molecule has 1 aliphatic heterocycles. The minimum absolute atomic E-state index is 0.250. The number of aliphatic hydroxyl groups excluding tert-OH is 1. The molecule has 2 heterocycles. The Morgan fingerprint density at radius 3 is 2.90 bits per heavy atom. The van der Waals surface area contributed by atoms with Crippen molar-refractivity contribution in [2.75, 3.05) is 13.1 Å². The molecule has 0 amide bonds. The summed E-state index contributed by atoms with van der Waals surface area (Å²) in [5.74, 6) is 1.57. The molecule has 2 atom stereocenters. The first kappa shape index (κ1) is 14.2. The van der Waals surface area contributed by atoms with Gasteiger partial charge in [-0.05, 0) is 44.4 Å². The van der Waals surface area contributed by atoms with Crippen molar-refractivity contribution in [1.29, 1.82) is 0 Å². The van der Waals surface area contributed by atoms with Gasteiger partial charge in [0.1, 0.15) is 0 Å². The van der Waals surface area contributed by atoms with Crippen LogP contribution in [-0.2, 0) is 6.54 Å². The molecule has 1 fully saturated rings. The molecule has 0 bridgehead atoms. The molecule has 1 aliphatic rings. The Bertz CT molecular complexity index is 609. The maximum atomic E-state index is 9.64. The fourth-order valence-corrected chi connectivity index (χ4v) is 2.83. The van der Waals surface area contributed by atoms with Crippen molar-refractivity contribution in [1.82, 2.24) is 15.1 Å². The average Bonchev–Trinajstić information content (AvgIpc) is 3.09. The Hall–Kier alpha value is -1.72. The van der Waals surface area contributed by atoms with E-state index in [9.17, 15) is 5.11 Å². The summed E-state index contributed by atoms with van der Waals surface area (Å²) in [5, 5.41) is 17.9. The molecule has 1 saturated heterocycles. The zero-order valence-electron chi connectivity index (χ0n) is 12.5.